The molecule has 0 aromatic rings. The average Bonchev–Trinajstić information content (AvgIpc) is 2.10. The summed E-state index contributed by atoms with van der Waals surface area (Å²) >= 11 is 0. The molecule has 1 fully saturated rings. The highest BCUT2D eigenvalue weighted by atomic mass is 16.5. The zero-order valence-electron chi connectivity index (χ0n) is 6.97. The second kappa shape index (κ2) is 7.03. The Morgan fingerprint density at radius 3 is 1.90 bits per heavy atom. The van der Waals surface area contributed by atoms with Crippen LogP contribution < -0.4 is 0 Å². The molecule has 1 aliphatic carbocycles. The van der Waals surface area contributed by atoms with Crippen molar-refractivity contribution in [3.05, 3.63) is 0 Å². The predicted molar refractivity (Wildman–Crippen MR) is 42.0 cm³/mol. The van der Waals surface area contributed by atoms with Gasteiger partial charge in [-0.15, -0.1) is 0 Å². The number of methoxy groups -OCH3 is 1. The topological polar surface area (TPSA) is 29.5 Å². The minimum Gasteiger partial charge on any atom is -0.400 e. The van der Waals surface area contributed by atoms with Crippen LogP contribution in [0.15, 0.2) is 0 Å². The molecule has 0 heterocycles. The van der Waals surface area contributed by atoms with Gasteiger partial charge in [0.15, 0.2) is 0 Å². The quantitative estimate of drug-likeness (QED) is 0.608. The van der Waals surface area contributed by atoms with E-state index in [0.717, 1.165) is 7.11 Å². The molecule has 0 spiro atoms. The Kier molecular flexibility index (Phi) is 6.98. The van der Waals surface area contributed by atoms with Crippen LogP contribution in [-0.2, 0) is 4.74 Å². The Hall–Kier alpha value is -0.0800. The Balaban J connectivity index is 0.000000371. The van der Waals surface area contributed by atoms with Gasteiger partial charge in [0.05, 0.1) is 6.10 Å². The number of hydrogen-bond acceptors (Lipinski definition) is 2. The summed E-state index contributed by atoms with van der Waals surface area (Å²) in [5, 5.41) is 7.00. The maximum absolute atomic E-state index is 7.00. The fourth-order valence-electron chi connectivity index (χ4n) is 1.30. The van der Waals surface area contributed by atoms with Crippen molar-refractivity contribution >= 4 is 0 Å². The lowest BCUT2D eigenvalue weighted by molar-refractivity contribution is 0.0710. The first kappa shape index (κ1) is 9.92. The molecule has 1 N–H and O–H groups in total. The highest BCUT2D eigenvalue weighted by molar-refractivity contribution is 4.63. The molecule has 2 heteroatoms. The van der Waals surface area contributed by atoms with Gasteiger partial charge in [0.1, 0.15) is 0 Å². The van der Waals surface area contributed by atoms with Gasteiger partial charge in [0.2, 0.25) is 0 Å². The predicted octanol–water partition coefficient (Wildman–Crippen LogP) is 1.57. The highest BCUT2D eigenvalue weighted by Crippen LogP contribution is 2.18. The molecule has 0 radical (unpaired) electrons. The monoisotopic (exact) mass is 146 g/mol. The summed E-state index contributed by atoms with van der Waals surface area (Å²) in [6, 6.07) is 0. The molecule has 0 aliphatic heterocycles. The van der Waals surface area contributed by atoms with Crippen molar-refractivity contribution in [1.29, 1.82) is 0 Å². The summed E-state index contributed by atoms with van der Waals surface area (Å²) < 4.78 is 5.19. The van der Waals surface area contributed by atoms with E-state index < -0.39 is 0 Å². The number of ether oxygens (including phenoxy) is 1. The Labute approximate surface area is 63.2 Å². The molecule has 0 amide bonds. The fourth-order valence-corrected chi connectivity index (χ4v) is 1.30. The van der Waals surface area contributed by atoms with Crippen LogP contribution in [-0.4, -0.2) is 25.4 Å². The molecule has 0 aromatic heterocycles. The summed E-state index contributed by atoms with van der Waals surface area (Å²) in [4.78, 5) is 0. The first-order chi connectivity index (χ1) is 4.93. The van der Waals surface area contributed by atoms with Crippen LogP contribution in [0, 0.1) is 0 Å². The molecule has 1 saturated carbocycles. The largest absolute Gasteiger partial charge is 0.400 e. The van der Waals surface area contributed by atoms with Gasteiger partial charge >= 0.3 is 0 Å². The molecule has 1 aliphatic rings. The van der Waals surface area contributed by atoms with Gasteiger partial charge in [0, 0.05) is 14.2 Å². The third-order valence-corrected chi connectivity index (χ3v) is 1.89. The Morgan fingerprint density at radius 2 is 1.60 bits per heavy atom. The van der Waals surface area contributed by atoms with Crippen LogP contribution in [0.25, 0.3) is 0 Å². The van der Waals surface area contributed by atoms with E-state index in [1.807, 2.05) is 7.11 Å². The molecule has 0 aromatic carbocycles. The van der Waals surface area contributed by atoms with E-state index in [4.69, 9.17) is 9.84 Å². The first-order valence-corrected chi connectivity index (χ1v) is 3.91. The van der Waals surface area contributed by atoms with Crippen molar-refractivity contribution in [3.63, 3.8) is 0 Å². The van der Waals surface area contributed by atoms with Crippen LogP contribution in [0.1, 0.15) is 32.1 Å². The van der Waals surface area contributed by atoms with Crippen LogP contribution in [0.2, 0.25) is 0 Å². The van der Waals surface area contributed by atoms with Gasteiger partial charge in [-0.2, -0.15) is 0 Å². The molecule has 0 atom stereocenters. The lowest BCUT2D eigenvalue weighted by Crippen LogP contribution is -2.13. The first-order valence-electron chi connectivity index (χ1n) is 3.91. The maximum atomic E-state index is 7.00. The number of hydrogen-bond donors (Lipinski definition) is 1. The van der Waals surface area contributed by atoms with Crippen LogP contribution in [0.5, 0.6) is 0 Å². The standard InChI is InChI=1S/C7H14O.CH4O/c1-8-7-5-3-2-4-6-7;1-2/h7H,2-6H2,1H3;2H,1H3. The second-order valence-electron chi connectivity index (χ2n) is 2.50. The SMILES string of the molecule is CO.COC1CCCCC1. The zero-order chi connectivity index (χ0) is 7.82. The molecule has 1 rings (SSSR count). The van der Waals surface area contributed by atoms with E-state index in [2.05, 4.69) is 0 Å². The number of rotatable bonds is 1. The molecule has 0 bridgehead atoms. The van der Waals surface area contributed by atoms with Crippen molar-refractivity contribution in [1.82, 2.24) is 0 Å². The lowest BCUT2D eigenvalue weighted by Gasteiger charge is -2.19. The van der Waals surface area contributed by atoms with Crippen molar-refractivity contribution in [2.45, 2.75) is 38.2 Å². The summed E-state index contributed by atoms with van der Waals surface area (Å²) in [7, 11) is 2.82. The van der Waals surface area contributed by atoms with Crippen molar-refractivity contribution in [2.24, 2.45) is 0 Å². The van der Waals surface area contributed by atoms with Gasteiger partial charge in [-0.1, -0.05) is 19.3 Å². The Bertz CT molecular complexity index is 58.3. The molecular weight excluding hydrogens is 128 g/mol. The summed E-state index contributed by atoms with van der Waals surface area (Å²) in [6.07, 6.45) is 7.33. The average molecular weight is 146 g/mol. The normalized spacial score (nSPS) is 19.5. The van der Waals surface area contributed by atoms with Gasteiger partial charge in [-0.05, 0) is 12.8 Å². The van der Waals surface area contributed by atoms with Crippen LogP contribution in [0.4, 0.5) is 0 Å². The fraction of sp³-hybridized carbons (Fsp3) is 1.00. The van der Waals surface area contributed by atoms with Crippen LogP contribution >= 0.6 is 0 Å². The van der Waals surface area contributed by atoms with E-state index in [0.29, 0.717) is 6.10 Å². The smallest absolute Gasteiger partial charge is 0.0571 e. The van der Waals surface area contributed by atoms with Gasteiger partial charge in [-0.25, -0.2) is 0 Å². The van der Waals surface area contributed by atoms with Gasteiger partial charge in [0.25, 0.3) is 0 Å². The molecule has 0 unspecified atom stereocenters. The molecule has 2 nitrogen and oxygen atoms in total. The second-order valence-corrected chi connectivity index (χ2v) is 2.50. The minimum absolute atomic E-state index is 0.587. The number of aliphatic hydroxyl groups excluding tert-OH is 1. The summed E-state index contributed by atoms with van der Waals surface area (Å²) in [6.45, 7) is 0. The lowest BCUT2D eigenvalue weighted by atomic mass is 9.98. The van der Waals surface area contributed by atoms with Crippen molar-refractivity contribution in [2.75, 3.05) is 14.2 Å². The van der Waals surface area contributed by atoms with E-state index in [1.165, 1.54) is 32.1 Å². The van der Waals surface area contributed by atoms with E-state index in [-0.39, 0.29) is 0 Å². The number of aliphatic hydroxyl groups is 1. The third kappa shape index (κ3) is 3.85. The van der Waals surface area contributed by atoms with E-state index in [1.54, 1.807) is 0 Å². The van der Waals surface area contributed by atoms with Crippen molar-refractivity contribution < 1.29 is 9.84 Å². The Morgan fingerprint density at radius 1 is 1.10 bits per heavy atom. The highest BCUT2D eigenvalue weighted by Gasteiger charge is 2.10. The van der Waals surface area contributed by atoms with E-state index in [9.17, 15) is 0 Å². The molecule has 0 saturated heterocycles. The maximum Gasteiger partial charge on any atom is 0.0571 e. The van der Waals surface area contributed by atoms with Crippen LogP contribution in [0.3, 0.4) is 0 Å². The molecule has 62 valence electrons. The summed E-state index contributed by atoms with van der Waals surface area (Å²) in [5.74, 6) is 0. The van der Waals surface area contributed by atoms with Gasteiger partial charge in [-0.3, -0.25) is 0 Å². The van der Waals surface area contributed by atoms with E-state index >= 15 is 0 Å². The molecule has 10 heavy (non-hydrogen) atoms. The summed E-state index contributed by atoms with van der Waals surface area (Å²) in [5.41, 5.74) is 0. The third-order valence-electron chi connectivity index (χ3n) is 1.89. The molecular formula is C8H18O2. The van der Waals surface area contributed by atoms with Gasteiger partial charge < -0.3 is 9.84 Å². The van der Waals surface area contributed by atoms with Crippen molar-refractivity contribution in [3.8, 4) is 0 Å². The minimum atomic E-state index is 0.587. The zero-order valence-corrected chi connectivity index (χ0v) is 6.97.